The largest absolute Gasteiger partial charge is 0.356 e. The van der Waals surface area contributed by atoms with Crippen LogP contribution in [-0.4, -0.2) is 24.5 Å². The van der Waals surface area contributed by atoms with E-state index in [0.717, 1.165) is 11.3 Å². The van der Waals surface area contributed by atoms with Gasteiger partial charge in [-0.05, 0) is 29.8 Å². The maximum Gasteiger partial charge on any atom is 0.191 e. The van der Waals surface area contributed by atoms with Crippen molar-refractivity contribution >= 4 is 29.9 Å². The van der Waals surface area contributed by atoms with Gasteiger partial charge in [0, 0.05) is 25.2 Å². The lowest BCUT2D eigenvalue weighted by Crippen LogP contribution is -2.43. The molecule has 0 saturated heterocycles. The van der Waals surface area contributed by atoms with Crippen molar-refractivity contribution in [3.8, 4) is 0 Å². The van der Waals surface area contributed by atoms with E-state index >= 15 is 0 Å². The molecule has 2 rings (SSSR count). The predicted octanol–water partition coefficient (Wildman–Crippen LogP) is 3.48. The number of benzene rings is 1. The highest BCUT2D eigenvalue weighted by Crippen LogP contribution is 2.22. The molecule has 1 heterocycles. The van der Waals surface area contributed by atoms with Crippen LogP contribution in [-0.2, 0) is 12.0 Å². The summed E-state index contributed by atoms with van der Waals surface area (Å²) >= 11 is 0. The topological polar surface area (TPSA) is 49.3 Å². The Morgan fingerprint density at radius 1 is 1.12 bits per heavy atom. The van der Waals surface area contributed by atoms with Gasteiger partial charge in [0.15, 0.2) is 5.96 Å². The highest BCUT2D eigenvalue weighted by Gasteiger charge is 2.20. The third-order valence-corrected chi connectivity index (χ3v) is 3.71. The van der Waals surface area contributed by atoms with Crippen molar-refractivity contribution in [2.75, 3.05) is 13.6 Å². The molecule has 0 saturated carbocycles. The Kier molecular flexibility index (Phi) is 8.10. The van der Waals surface area contributed by atoms with Gasteiger partial charge in [-0.25, -0.2) is 4.39 Å². The van der Waals surface area contributed by atoms with E-state index in [1.165, 1.54) is 12.1 Å². The van der Waals surface area contributed by atoms with E-state index in [1.807, 2.05) is 30.3 Å². The fourth-order valence-electron chi connectivity index (χ4n) is 2.21. The quantitative estimate of drug-likeness (QED) is 0.424. The lowest BCUT2D eigenvalue weighted by atomic mass is 9.84. The summed E-state index contributed by atoms with van der Waals surface area (Å²) in [4.78, 5) is 8.49. The first-order valence-corrected chi connectivity index (χ1v) is 7.62. The molecule has 24 heavy (non-hydrogen) atoms. The van der Waals surface area contributed by atoms with Gasteiger partial charge in [0.25, 0.3) is 0 Å². The molecule has 0 fully saturated rings. The van der Waals surface area contributed by atoms with Gasteiger partial charge in [-0.3, -0.25) is 9.98 Å². The Labute approximate surface area is 160 Å². The Bertz CT molecular complexity index is 642. The summed E-state index contributed by atoms with van der Waals surface area (Å²) in [7, 11) is 1.73. The summed E-state index contributed by atoms with van der Waals surface area (Å²) in [6.07, 6.45) is 1.77. The van der Waals surface area contributed by atoms with Gasteiger partial charge < -0.3 is 10.6 Å². The van der Waals surface area contributed by atoms with Crippen LogP contribution >= 0.6 is 24.0 Å². The molecular weight excluding hydrogens is 418 g/mol. The molecule has 0 unspecified atom stereocenters. The molecule has 4 nitrogen and oxygen atoms in total. The van der Waals surface area contributed by atoms with Crippen molar-refractivity contribution in [2.24, 2.45) is 4.99 Å². The molecule has 2 N–H and O–H groups in total. The fourth-order valence-corrected chi connectivity index (χ4v) is 2.21. The monoisotopic (exact) mass is 442 g/mol. The van der Waals surface area contributed by atoms with Crippen LogP contribution in [0, 0.1) is 5.82 Å². The molecule has 0 amide bonds. The standard InChI is InChI=1S/C18H23FN4.HI/c1-18(2,14-7-9-15(19)10-8-14)13-23-17(20-3)22-12-16-6-4-5-11-21-16;/h4-11H,12-13H2,1-3H3,(H2,20,22,23);1H. The van der Waals surface area contributed by atoms with Gasteiger partial charge in [-0.15, -0.1) is 24.0 Å². The maximum absolute atomic E-state index is 13.1. The van der Waals surface area contributed by atoms with E-state index in [0.29, 0.717) is 19.0 Å². The second-order valence-corrected chi connectivity index (χ2v) is 5.99. The molecule has 6 heteroatoms. The lowest BCUT2D eigenvalue weighted by Gasteiger charge is -2.26. The van der Waals surface area contributed by atoms with Crippen molar-refractivity contribution in [3.63, 3.8) is 0 Å². The summed E-state index contributed by atoms with van der Waals surface area (Å²) in [5.41, 5.74) is 1.89. The van der Waals surface area contributed by atoms with E-state index in [-0.39, 0.29) is 35.2 Å². The zero-order chi connectivity index (χ0) is 16.7. The average Bonchev–Trinajstić information content (AvgIpc) is 2.56. The molecule has 0 aliphatic rings. The van der Waals surface area contributed by atoms with Crippen LogP contribution in [0.1, 0.15) is 25.1 Å². The molecule has 2 aromatic rings. The molecular formula is C18H24FIN4. The summed E-state index contributed by atoms with van der Waals surface area (Å²) < 4.78 is 13.1. The number of nitrogens with one attached hydrogen (secondary N) is 2. The number of nitrogens with zero attached hydrogens (tertiary/aromatic N) is 2. The number of halogens is 2. The SMILES string of the molecule is CN=C(NCc1ccccn1)NCC(C)(C)c1ccc(F)cc1.I. The smallest absolute Gasteiger partial charge is 0.191 e. The van der Waals surface area contributed by atoms with Crippen LogP contribution in [0.25, 0.3) is 0 Å². The number of pyridine rings is 1. The minimum atomic E-state index is -0.217. The Balaban J connectivity index is 0.00000288. The first kappa shape index (κ1) is 20.3. The highest BCUT2D eigenvalue weighted by atomic mass is 127. The van der Waals surface area contributed by atoms with Gasteiger partial charge in [0.2, 0.25) is 0 Å². The van der Waals surface area contributed by atoms with Crippen molar-refractivity contribution in [3.05, 3.63) is 65.7 Å². The second-order valence-electron chi connectivity index (χ2n) is 5.99. The van der Waals surface area contributed by atoms with E-state index in [9.17, 15) is 4.39 Å². The normalized spacial score (nSPS) is 11.6. The van der Waals surface area contributed by atoms with Gasteiger partial charge in [-0.1, -0.05) is 32.0 Å². The van der Waals surface area contributed by atoms with Crippen LogP contribution in [0.15, 0.2) is 53.7 Å². The van der Waals surface area contributed by atoms with Crippen molar-refractivity contribution in [1.82, 2.24) is 15.6 Å². The molecule has 0 atom stereocenters. The van der Waals surface area contributed by atoms with E-state index < -0.39 is 0 Å². The van der Waals surface area contributed by atoms with Crippen LogP contribution in [0.4, 0.5) is 4.39 Å². The van der Waals surface area contributed by atoms with Crippen LogP contribution in [0.5, 0.6) is 0 Å². The third kappa shape index (κ3) is 6.07. The third-order valence-electron chi connectivity index (χ3n) is 3.71. The van der Waals surface area contributed by atoms with Crippen LogP contribution in [0.3, 0.4) is 0 Å². The van der Waals surface area contributed by atoms with Gasteiger partial charge in [-0.2, -0.15) is 0 Å². The number of aromatic nitrogens is 1. The van der Waals surface area contributed by atoms with Crippen LogP contribution in [0.2, 0.25) is 0 Å². The highest BCUT2D eigenvalue weighted by molar-refractivity contribution is 14.0. The van der Waals surface area contributed by atoms with Gasteiger partial charge >= 0.3 is 0 Å². The molecule has 130 valence electrons. The van der Waals surface area contributed by atoms with Crippen molar-refractivity contribution < 1.29 is 4.39 Å². The Hall–Kier alpha value is -1.70. The number of guanidine groups is 1. The molecule has 1 aromatic heterocycles. The summed E-state index contributed by atoms with van der Waals surface area (Å²) in [5.74, 6) is 0.496. The second kappa shape index (κ2) is 9.56. The summed E-state index contributed by atoms with van der Waals surface area (Å²) in [5, 5.41) is 6.55. The molecule has 0 spiro atoms. The zero-order valence-corrected chi connectivity index (χ0v) is 16.5. The minimum Gasteiger partial charge on any atom is -0.356 e. The number of hydrogen-bond donors (Lipinski definition) is 2. The average molecular weight is 442 g/mol. The Morgan fingerprint density at radius 3 is 2.42 bits per heavy atom. The minimum absolute atomic E-state index is 0. The fraction of sp³-hybridized carbons (Fsp3) is 0.333. The summed E-state index contributed by atoms with van der Waals surface area (Å²) in [6, 6.07) is 12.4. The molecule has 0 radical (unpaired) electrons. The van der Waals surface area contributed by atoms with Crippen LogP contribution < -0.4 is 10.6 Å². The molecule has 0 aliphatic heterocycles. The predicted molar refractivity (Wildman–Crippen MR) is 107 cm³/mol. The first-order valence-electron chi connectivity index (χ1n) is 7.62. The lowest BCUT2D eigenvalue weighted by molar-refractivity contribution is 0.506. The van der Waals surface area contributed by atoms with E-state index in [4.69, 9.17) is 0 Å². The molecule has 0 aliphatic carbocycles. The summed E-state index contributed by atoms with van der Waals surface area (Å²) in [6.45, 7) is 5.51. The van der Waals surface area contributed by atoms with E-state index in [1.54, 1.807) is 13.2 Å². The van der Waals surface area contributed by atoms with Gasteiger partial charge in [0.1, 0.15) is 5.82 Å². The molecule has 0 bridgehead atoms. The maximum atomic E-state index is 13.1. The van der Waals surface area contributed by atoms with Crippen molar-refractivity contribution in [1.29, 1.82) is 0 Å². The van der Waals surface area contributed by atoms with E-state index in [2.05, 4.69) is 34.5 Å². The number of rotatable bonds is 5. The number of aliphatic imine (C=N–C) groups is 1. The Morgan fingerprint density at radius 2 is 1.83 bits per heavy atom. The zero-order valence-electron chi connectivity index (χ0n) is 14.2. The number of hydrogen-bond acceptors (Lipinski definition) is 2. The molecule has 1 aromatic carbocycles. The van der Waals surface area contributed by atoms with Crippen molar-refractivity contribution in [2.45, 2.75) is 25.8 Å². The van der Waals surface area contributed by atoms with Gasteiger partial charge in [0.05, 0.1) is 12.2 Å². The first-order chi connectivity index (χ1) is 11.0.